The smallest absolute Gasteiger partial charge is 0.228 e. The van der Waals surface area contributed by atoms with Crippen molar-refractivity contribution in [2.45, 2.75) is 46.1 Å². The lowest BCUT2D eigenvalue weighted by molar-refractivity contribution is 0.232. The van der Waals surface area contributed by atoms with Crippen LogP contribution >= 0.6 is 0 Å². The molecule has 2 rings (SSSR count). The second-order valence-electron chi connectivity index (χ2n) is 6.00. The maximum Gasteiger partial charge on any atom is 0.228 e. The van der Waals surface area contributed by atoms with Gasteiger partial charge in [-0.2, -0.15) is 4.98 Å². The van der Waals surface area contributed by atoms with Crippen molar-refractivity contribution in [3.63, 3.8) is 0 Å². The second kappa shape index (κ2) is 8.17. The first-order chi connectivity index (χ1) is 10.2. The third-order valence-corrected chi connectivity index (χ3v) is 3.69. The minimum Gasteiger partial charge on any atom is -0.475 e. The summed E-state index contributed by atoms with van der Waals surface area (Å²) in [6, 6.07) is 1.83. The van der Waals surface area contributed by atoms with Crippen LogP contribution < -0.4 is 15.0 Å². The summed E-state index contributed by atoms with van der Waals surface area (Å²) >= 11 is 0. The molecule has 0 radical (unpaired) electrons. The van der Waals surface area contributed by atoms with E-state index in [1.807, 2.05) is 19.9 Å². The zero-order chi connectivity index (χ0) is 15.1. The summed E-state index contributed by atoms with van der Waals surface area (Å²) < 4.78 is 5.69. The number of nitrogens with one attached hydrogen (secondary N) is 1. The quantitative estimate of drug-likeness (QED) is 0.836. The van der Waals surface area contributed by atoms with Gasteiger partial charge in [0, 0.05) is 25.4 Å². The van der Waals surface area contributed by atoms with E-state index in [4.69, 9.17) is 4.74 Å². The topological polar surface area (TPSA) is 50.3 Å². The van der Waals surface area contributed by atoms with Gasteiger partial charge in [-0.25, -0.2) is 4.98 Å². The highest BCUT2D eigenvalue weighted by Crippen LogP contribution is 2.19. The standard InChI is InChI=1S/C16H28N4O/c1-4-11-20(12-14-5-8-17-9-6-14)16-18-10-7-15(19-16)21-13(2)3/h7,10,13-14,17H,4-6,8-9,11-12H2,1-3H3. The van der Waals surface area contributed by atoms with Gasteiger partial charge >= 0.3 is 0 Å². The van der Waals surface area contributed by atoms with E-state index in [0.717, 1.165) is 44.5 Å². The second-order valence-corrected chi connectivity index (χ2v) is 6.00. The molecule has 2 heterocycles. The average Bonchev–Trinajstić information content (AvgIpc) is 2.47. The van der Waals surface area contributed by atoms with Crippen molar-refractivity contribution in [3.8, 4) is 5.88 Å². The normalized spacial score (nSPS) is 16.2. The molecule has 0 amide bonds. The molecule has 5 nitrogen and oxygen atoms in total. The van der Waals surface area contributed by atoms with Gasteiger partial charge in [0.2, 0.25) is 11.8 Å². The Labute approximate surface area is 128 Å². The molecule has 0 unspecified atom stereocenters. The van der Waals surface area contributed by atoms with Crippen LogP contribution in [0.2, 0.25) is 0 Å². The van der Waals surface area contributed by atoms with Crippen molar-refractivity contribution in [3.05, 3.63) is 12.3 Å². The number of piperidine rings is 1. The van der Waals surface area contributed by atoms with Crippen LogP contribution in [-0.2, 0) is 0 Å². The van der Waals surface area contributed by atoms with Gasteiger partial charge in [0.05, 0.1) is 6.10 Å². The molecule has 0 atom stereocenters. The van der Waals surface area contributed by atoms with Crippen LogP contribution in [0.1, 0.15) is 40.0 Å². The summed E-state index contributed by atoms with van der Waals surface area (Å²) in [6.07, 6.45) is 5.51. The Morgan fingerprint density at radius 3 is 2.81 bits per heavy atom. The van der Waals surface area contributed by atoms with E-state index in [0.29, 0.717) is 5.88 Å². The van der Waals surface area contributed by atoms with Crippen molar-refractivity contribution in [2.75, 3.05) is 31.1 Å². The van der Waals surface area contributed by atoms with E-state index in [-0.39, 0.29) is 6.10 Å². The Hall–Kier alpha value is -1.36. The van der Waals surface area contributed by atoms with Crippen LogP contribution in [0.5, 0.6) is 5.88 Å². The van der Waals surface area contributed by atoms with Crippen LogP contribution in [0, 0.1) is 5.92 Å². The van der Waals surface area contributed by atoms with Crippen molar-refractivity contribution in [1.82, 2.24) is 15.3 Å². The molecule has 1 saturated heterocycles. The Kier molecular flexibility index (Phi) is 6.23. The first kappa shape index (κ1) is 16.0. The third-order valence-electron chi connectivity index (χ3n) is 3.69. The zero-order valence-corrected chi connectivity index (χ0v) is 13.5. The summed E-state index contributed by atoms with van der Waals surface area (Å²) in [5.74, 6) is 2.20. The Morgan fingerprint density at radius 2 is 2.14 bits per heavy atom. The SMILES string of the molecule is CCCN(CC1CCNCC1)c1nccc(OC(C)C)n1. The summed E-state index contributed by atoms with van der Waals surface area (Å²) in [7, 11) is 0. The lowest BCUT2D eigenvalue weighted by atomic mass is 9.97. The van der Waals surface area contributed by atoms with E-state index in [9.17, 15) is 0 Å². The molecule has 0 spiro atoms. The van der Waals surface area contributed by atoms with Crippen molar-refractivity contribution >= 4 is 5.95 Å². The average molecular weight is 292 g/mol. The molecule has 1 aliphatic heterocycles. The highest BCUT2D eigenvalue weighted by atomic mass is 16.5. The summed E-state index contributed by atoms with van der Waals surface area (Å²) in [6.45, 7) is 10.5. The fraction of sp³-hybridized carbons (Fsp3) is 0.750. The van der Waals surface area contributed by atoms with E-state index in [1.54, 1.807) is 6.20 Å². The van der Waals surface area contributed by atoms with Crippen LogP contribution in [0.15, 0.2) is 12.3 Å². The Balaban J connectivity index is 2.05. The Morgan fingerprint density at radius 1 is 1.38 bits per heavy atom. The highest BCUT2D eigenvalue weighted by molar-refractivity contribution is 5.32. The fourth-order valence-corrected chi connectivity index (χ4v) is 2.71. The van der Waals surface area contributed by atoms with Gasteiger partial charge in [0.1, 0.15) is 0 Å². The van der Waals surface area contributed by atoms with Gasteiger partial charge in [-0.15, -0.1) is 0 Å². The first-order valence-corrected chi connectivity index (χ1v) is 8.14. The zero-order valence-electron chi connectivity index (χ0n) is 13.5. The molecule has 1 aromatic rings. The lowest BCUT2D eigenvalue weighted by Gasteiger charge is -2.30. The number of rotatable bonds is 7. The minimum absolute atomic E-state index is 0.136. The maximum atomic E-state index is 5.69. The summed E-state index contributed by atoms with van der Waals surface area (Å²) in [4.78, 5) is 11.3. The number of anilines is 1. The molecule has 0 aliphatic carbocycles. The van der Waals surface area contributed by atoms with E-state index >= 15 is 0 Å². The van der Waals surface area contributed by atoms with E-state index < -0.39 is 0 Å². The van der Waals surface area contributed by atoms with Crippen molar-refractivity contribution < 1.29 is 4.74 Å². The molecule has 0 bridgehead atoms. The molecular formula is C16H28N4O. The molecular weight excluding hydrogens is 264 g/mol. The number of nitrogens with zero attached hydrogens (tertiary/aromatic N) is 3. The highest BCUT2D eigenvalue weighted by Gasteiger charge is 2.19. The largest absolute Gasteiger partial charge is 0.475 e. The van der Waals surface area contributed by atoms with Gasteiger partial charge in [-0.1, -0.05) is 6.92 Å². The van der Waals surface area contributed by atoms with E-state index in [1.165, 1.54) is 12.8 Å². The molecule has 0 saturated carbocycles. The lowest BCUT2D eigenvalue weighted by Crippen LogP contribution is -2.37. The summed E-state index contributed by atoms with van der Waals surface area (Å²) in [5.41, 5.74) is 0. The van der Waals surface area contributed by atoms with Crippen LogP contribution in [0.3, 0.4) is 0 Å². The predicted octanol–water partition coefficient (Wildman–Crippen LogP) is 2.48. The van der Waals surface area contributed by atoms with Crippen LogP contribution in [0.4, 0.5) is 5.95 Å². The molecule has 5 heteroatoms. The van der Waals surface area contributed by atoms with Crippen LogP contribution in [0.25, 0.3) is 0 Å². The molecule has 1 N–H and O–H groups in total. The fourth-order valence-electron chi connectivity index (χ4n) is 2.71. The monoisotopic (exact) mass is 292 g/mol. The minimum atomic E-state index is 0.136. The van der Waals surface area contributed by atoms with Crippen molar-refractivity contribution in [1.29, 1.82) is 0 Å². The molecule has 118 valence electrons. The predicted molar refractivity (Wildman–Crippen MR) is 85.9 cm³/mol. The third kappa shape index (κ3) is 5.16. The maximum absolute atomic E-state index is 5.69. The van der Waals surface area contributed by atoms with Gasteiger partial charge in [-0.05, 0) is 52.1 Å². The van der Waals surface area contributed by atoms with E-state index in [2.05, 4.69) is 27.1 Å². The Bertz CT molecular complexity index is 418. The van der Waals surface area contributed by atoms with Gasteiger partial charge in [-0.3, -0.25) is 0 Å². The first-order valence-electron chi connectivity index (χ1n) is 8.14. The molecule has 0 aromatic carbocycles. The molecule has 1 aromatic heterocycles. The summed E-state index contributed by atoms with van der Waals surface area (Å²) in [5, 5.41) is 3.42. The molecule has 1 fully saturated rings. The number of hydrogen-bond donors (Lipinski definition) is 1. The number of hydrogen-bond acceptors (Lipinski definition) is 5. The molecule has 21 heavy (non-hydrogen) atoms. The number of aromatic nitrogens is 2. The van der Waals surface area contributed by atoms with Crippen molar-refractivity contribution in [2.24, 2.45) is 5.92 Å². The van der Waals surface area contributed by atoms with Crippen LogP contribution in [-0.4, -0.2) is 42.3 Å². The van der Waals surface area contributed by atoms with Gasteiger partial charge < -0.3 is 15.0 Å². The van der Waals surface area contributed by atoms with Gasteiger partial charge in [0.25, 0.3) is 0 Å². The number of ether oxygens (including phenoxy) is 1. The molecule has 1 aliphatic rings. The van der Waals surface area contributed by atoms with Gasteiger partial charge in [0.15, 0.2) is 0 Å².